The highest BCUT2D eigenvalue weighted by Crippen LogP contribution is 2.36. The van der Waals surface area contributed by atoms with Crippen LogP contribution in [0.5, 0.6) is 23.0 Å². The fraction of sp³-hybridized carbons (Fsp3) is 0.421. The van der Waals surface area contributed by atoms with Gasteiger partial charge in [-0.05, 0) is 69.0 Å². The molecule has 1 saturated heterocycles. The molecule has 1 fully saturated rings. The number of nitrogens with zero attached hydrogens (tertiary/aromatic N) is 2. The van der Waals surface area contributed by atoms with E-state index in [-0.39, 0.29) is 38.4 Å². The first-order valence-electron chi connectivity index (χ1n) is 16.5. The minimum Gasteiger partial charge on any atom is -0.496 e. The molecule has 0 radical (unpaired) electrons. The van der Waals surface area contributed by atoms with Gasteiger partial charge in [0.2, 0.25) is 5.91 Å². The van der Waals surface area contributed by atoms with Gasteiger partial charge in [0.05, 0.1) is 70.5 Å². The van der Waals surface area contributed by atoms with E-state index in [9.17, 15) is 14.4 Å². The fourth-order valence-corrected chi connectivity index (χ4v) is 6.33. The predicted molar refractivity (Wildman–Crippen MR) is 199 cm³/mol. The third-order valence-corrected chi connectivity index (χ3v) is 9.03. The molecule has 0 spiro atoms. The van der Waals surface area contributed by atoms with Gasteiger partial charge in [0.25, 0.3) is 0 Å². The third kappa shape index (κ3) is 10.3. The molecule has 3 amide bonds. The molecule has 4 rings (SSSR count). The van der Waals surface area contributed by atoms with E-state index in [2.05, 4.69) is 5.32 Å². The van der Waals surface area contributed by atoms with Crippen molar-refractivity contribution in [2.45, 2.75) is 58.7 Å². The second kappa shape index (κ2) is 17.1. The third-order valence-electron chi connectivity index (χ3n) is 8.41. The smallest absolute Gasteiger partial charge is 0.324 e. The number of urea groups is 1. The zero-order chi connectivity index (χ0) is 37.5. The van der Waals surface area contributed by atoms with Crippen molar-refractivity contribution in [1.29, 1.82) is 0 Å². The first-order valence-corrected chi connectivity index (χ1v) is 17.3. The molecule has 11 nitrogen and oxygen atoms in total. The molecule has 0 saturated carbocycles. The number of carbonyl (C=O) groups excluding carboxylic acids is 3. The van der Waals surface area contributed by atoms with Crippen molar-refractivity contribution < 1.29 is 38.1 Å². The van der Waals surface area contributed by atoms with E-state index in [1.165, 1.54) is 4.90 Å². The van der Waals surface area contributed by atoms with Crippen molar-refractivity contribution in [3.8, 4) is 23.0 Å². The van der Waals surface area contributed by atoms with Crippen molar-refractivity contribution in [3.05, 3.63) is 81.9 Å². The van der Waals surface area contributed by atoms with Gasteiger partial charge in [-0.25, -0.2) is 4.79 Å². The van der Waals surface area contributed by atoms with Gasteiger partial charge in [0, 0.05) is 23.7 Å². The number of hydrogen-bond acceptors (Lipinski definition) is 9. The molecule has 274 valence electrons. The Morgan fingerprint density at radius 3 is 2.14 bits per heavy atom. The normalized spacial score (nSPS) is 15.5. The lowest BCUT2D eigenvalue weighted by Crippen LogP contribution is -2.48. The molecular formula is C38H46ClN3O8S. The van der Waals surface area contributed by atoms with Crippen LogP contribution in [-0.4, -0.2) is 79.8 Å². The highest BCUT2D eigenvalue weighted by Gasteiger charge is 2.37. The Balaban J connectivity index is 1.61. The number of nitrogens with one attached hydrogen (secondary N) is 1. The largest absolute Gasteiger partial charge is 0.496 e. The molecule has 0 unspecified atom stereocenters. The Kier molecular flexibility index (Phi) is 13.2. The van der Waals surface area contributed by atoms with E-state index >= 15 is 0 Å². The molecule has 1 aliphatic heterocycles. The van der Waals surface area contributed by atoms with Crippen molar-refractivity contribution in [1.82, 2.24) is 15.1 Å². The van der Waals surface area contributed by atoms with Crippen LogP contribution >= 0.6 is 23.8 Å². The summed E-state index contributed by atoms with van der Waals surface area (Å²) in [5.41, 5.74) is 2.42. The van der Waals surface area contributed by atoms with Gasteiger partial charge in [0.15, 0.2) is 0 Å². The van der Waals surface area contributed by atoms with E-state index in [1.807, 2.05) is 56.9 Å². The van der Waals surface area contributed by atoms with E-state index in [0.717, 1.165) is 16.7 Å². The maximum absolute atomic E-state index is 14.3. The number of methoxy groups -OCH3 is 4. The van der Waals surface area contributed by atoms with Crippen LogP contribution in [0.3, 0.4) is 0 Å². The van der Waals surface area contributed by atoms with Crippen molar-refractivity contribution in [2.24, 2.45) is 5.92 Å². The first kappa shape index (κ1) is 39.2. The molecule has 1 N–H and O–H groups in total. The molecule has 0 aromatic heterocycles. The minimum atomic E-state index is -0.707. The van der Waals surface area contributed by atoms with Crippen LogP contribution in [0.15, 0.2) is 54.6 Å². The van der Waals surface area contributed by atoms with Crippen LogP contribution in [0.2, 0.25) is 5.02 Å². The van der Waals surface area contributed by atoms with E-state index < -0.39 is 29.5 Å². The van der Waals surface area contributed by atoms with Gasteiger partial charge >= 0.3 is 12.0 Å². The first-order chi connectivity index (χ1) is 24.2. The number of esters is 1. The lowest BCUT2D eigenvalue weighted by Gasteiger charge is -2.27. The number of halogens is 1. The number of carbonyl (C=O) groups is 3. The maximum Gasteiger partial charge on any atom is 0.324 e. The lowest BCUT2D eigenvalue weighted by molar-refractivity contribution is -0.153. The van der Waals surface area contributed by atoms with Gasteiger partial charge in [-0.3, -0.25) is 14.5 Å². The Morgan fingerprint density at radius 1 is 0.941 bits per heavy atom. The summed E-state index contributed by atoms with van der Waals surface area (Å²) in [6.45, 7) is 7.61. The zero-order valence-corrected chi connectivity index (χ0v) is 31.9. The Hall–Kier alpha value is -4.55. The van der Waals surface area contributed by atoms with Crippen molar-refractivity contribution in [2.75, 3.05) is 41.5 Å². The van der Waals surface area contributed by atoms with E-state index in [4.69, 9.17) is 47.5 Å². The average molecular weight is 740 g/mol. The summed E-state index contributed by atoms with van der Waals surface area (Å²) in [6.07, 6.45) is 0.360. The molecule has 0 bridgehead atoms. The Bertz CT molecular complexity index is 1720. The lowest BCUT2D eigenvalue weighted by atomic mass is 9.96. The monoisotopic (exact) mass is 739 g/mol. The van der Waals surface area contributed by atoms with Crippen LogP contribution in [0.4, 0.5) is 4.79 Å². The molecule has 3 aromatic rings. The molecule has 51 heavy (non-hydrogen) atoms. The zero-order valence-electron chi connectivity index (χ0n) is 30.3. The van der Waals surface area contributed by atoms with Gasteiger partial charge in [-0.2, -0.15) is 0 Å². The maximum atomic E-state index is 14.3. The fourth-order valence-electron chi connectivity index (χ4n) is 5.87. The second-order valence-electron chi connectivity index (χ2n) is 13.2. The minimum absolute atomic E-state index is 0.120. The number of thiocarbonyl (C=S) groups is 1. The summed E-state index contributed by atoms with van der Waals surface area (Å²) >= 11 is 12.3. The average Bonchev–Trinajstić information content (AvgIpc) is 3.19. The molecule has 0 aliphatic carbocycles. The van der Waals surface area contributed by atoms with Gasteiger partial charge in [-0.15, -0.1) is 0 Å². The molecule has 13 heteroatoms. The Morgan fingerprint density at radius 2 is 1.57 bits per heavy atom. The van der Waals surface area contributed by atoms with Crippen molar-refractivity contribution in [3.63, 3.8) is 0 Å². The highest BCUT2D eigenvalue weighted by atomic mass is 35.5. The van der Waals surface area contributed by atoms with E-state index in [1.54, 1.807) is 58.8 Å². The van der Waals surface area contributed by atoms with Gasteiger partial charge < -0.3 is 33.9 Å². The number of rotatable bonds is 12. The van der Waals surface area contributed by atoms with Gasteiger partial charge in [-0.1, -0.05) is 48.1 Å². The molecule has 3 aromatic carbocycles. The second-order valence-corrected chi connectivity index (χ2v) is 14.1. The molecular weight excluding hydrogens is 694 g/mol. The summed E-state index contributed by atoms with van der Waals surface area (Å²) < 4.78 is 27.8. The standard InChI is InChI=1S/C38H46ClN3O8S/c1-23(25-11-9-24(10-12-25)15-35(43)50-38(2,3)4)40-37(45)42-22-34(51)41(21-30-32(48-7)18-29(46-5)19-33(30)49-8)20-27(36(42)44)16-26-17-28(39)13-14-31(26)47-6/h9-14,17-19,23,27H,15-16,20-22H2,1-8H3,(H,40,45)/t23-,27-/m1/s1. The summed E-state index contributed by atoms with van der Waals surface area (Å²) in [5.74, 6) is 0.756. The summed E-state index contributed by atoms with van der Waals surface area (Å²) in [7, 11) is 6.22. The number of hydrogen-bond donors (Lipinski definition) is 1. The van der Waals surface area contributed by atoms with E-state index in [0.29, 0.717) is 38.6 Å². The number of ether oxygens (including phenoxy) is 5. The van der Waals surface area contributed by atoms with Crippen LogP contribution in [0.25, 0.3) is 0 Å². The van der Waals surface area contributed by atoms with Crippen molar-refractivity contribution >= 4 is 46.7 Å². The quantitative estimate of drug-likeness (QED) is 0.162. The highest BCUT2D eigenvalue weighted by molar-refractivity contribution is 7.80. The number of amides is 3. The number of benzene rings is 3. The molecule has 1 aliphatic rings. The summed E-state index contributed by atoms with van der Waals surface area (Å²) in [4.78, 5) is 44.0. The van der Waals surface area contributed by atoms with Crippen LogP contribution in [-0.2, 0) is 33.7 Å². The summed E-state index contributed by atoms with van der Waals surface area (Å²) in [6, 6.07) is 15.0. The Labute approximate surface area is 310 Å². The number of imide groups is 1. The predicted octanol–water partition coefficient (Wildman–Crippen LogP) is 6.56. The molecule has 2 atom stereocenters. The summed E-state index contributed by atoms with van der Waals surface area (Å²) in [5, 5.41) is 3.46. The van der Waals surface area contributed by atoms with Crippen LogP contribution in [0.1, 0.15) is 56.0 Å². The van der Waals surface area contributed by atoms with Gasteiger partial charge in [0.1, 0.15) is 28.6 Å². The van der Waals surface area contributed by atoms with Crippen LogP contribution < -0.4 is 24.3 Å². The topological polar surface area (TPSA) is 116 Å². The SMILES string of the molecule is COc1cc(OC)c(CN2C[C@@H](Cc3cc(Cl)ccc3OC)C(=O)N(C(=O)N[C@H](C)c3ccc(CC(=O)OC(C)(C)C)cc3)CC2=S)c(OC)c1. The van der Waals surface area contributed by atoms with Crippen LogP contribution in [0, 0.1) is 5.92 Å². The molecule has 1 heterocycles.